The zero-order chi connectivity index (χ0) is 17.1. The Morgan fingerprint density at radius 2 is 1.64 bits per heavy atom. The Labute approximate surface area is 162 Å². The Bertz CT molecular complexity index is 886. The van der Waals surface area contributed by atoms with Crippen LogP contribution >= 0.6 is 28.3 Å². The summed E-state index contributed by atoms with van der Waals surface area (Å²) in [5.41, 5.74) is 3.35. The molecule has 0 saturated carbocycles. The first kappa shape index (κ1) is 19.8. The number of para-hydroxylation sites is 2. The van der Waals surface area contributed by atoms with E-state index in [4.69, 9.17) is 5.41 Å². The molecule has 0 spiro atoms. The molecule has 25 heavy (non-hydrogen) atoms. The largest absolute Gasteiger partial charge is 0.387 e. The molecule has 0 amide bonds. The summed E-state index contributed by atoms with van der Waals surface area (Å²) < 4.78 is 4.92. The Morgan fingerprint density at radius 3 is 2.24 bits per heavy atom. The van der Waals surface area contributed by atoms with Gasteiger partial charge in [-0.05, 0) is 36.2 Å². The molecular weight excluding hydrogens is 402 g/mol. The lowest BCUT2D eigenvalue weighted by Crippen LogP contribution is -2.26. The number of hydrogen-bond acceptors (Lipinski definition) is 2. The van der Waals surface area contributed by atoms with Gasteiger partial charge in [0.15, 0.2) is 0 Å². The number of benzene rings is 2. The fourth-order valence-electron chi connectivity index (χ4n) is 2.99. The Balaban J connectivity index is 0.00000225. The molecule has 0 radical (unpaired) electrons. The van der Waals surface area contributed by atoms with E-state index >= 15 is 0 Å². The molecule has 0 aliphatic rings. The number of fused-ring (bicyclic) bond motifs is 1. The van der Waals surface area contributed by atoms with Crippen molar-refractivity contribution in [2.24, 2.45) is 0 Å². The van der Waals surface area contributed by atoms with Crippen LogP contribution in [0.15, 0.2) is 53.0 Å². The van der Waals surface area contributed by atoms with Crippen LogP contribution in [0, 0.1) is 5.41 Å². The average molecular weight is 425 g/mol. The summed E-state index contributed by atoms with van der Waals surface area (Å²) >= 11 is 3.41. The highest BCUT2D eigenvalue weighted by Crippen LogP contribution is 2.20. The number of nitrogens with zero attached hydrogens (tertiary/aromatic N) is 2. The summed E-state index contributed by atoms with van der Waals surface area (Å²) in [7, 11) is 0. The lowest BCUT2D eigenvalue weighted by atomic mass is 10.1. The molecule has 1 unspecified atom stereocenters. The molecule has 0 aliphatic heterocycles. The molecule has 3 aromatic rings. The van der Waals surface area contributed by atoms with Gasteiger partial charge in [-0.25, -0.2) is 0 Å². The Kier molecular flexibility index (Phi) is 6.87. The van der Waals surface area contributed by atoms with Gasteiger partial charge in [-0.15, -0.1) is 12.4 Å². The van der Waals surface area contributed by atoms with E-state index in [1.165, 1.54) is 0 Å². The van der Waals surface area contributed by atoms with E-state index in [1.54, 1.807) is 0 Å². The number of hydrogen-bond donors (Lipinski definition) is 2. The van der Waals surface area contributed by atoms with Gasteiger partial charge in [0, 0.05) is 11.0 Å². The van der Waals surface area contributed by atoms with Crippen molar-refractivity contribution in [2.45, 2.75) is 39.0 Å². The first-order valence-electron chi connectivity index (χ1n) is 8.28. The number of rotatable bonds is 6. The molecule has 1 heterocycles. The zero-order valence-corrected chi connectivity index (χ0v) is 16.6. The molecule has 2 N–H and O–H groups in total. The van der Waals surface area contributed by atoms with Crippen molar-refractivity contribution in [2.75, 3.05) is 0 Å². The minimum absolute atomic E-state index is 0. The van der Waals surface area contributed by atoms with Gasteiger partial charge < -0.3 is 14.2 Å². The smallest absolute Gasteiger partial charge is 0.203 e. The lowest BCUT2D eigenvalue weighted by Gasteiger charge is -2.13. The van der Waals surface area contributed by atoms with Crippen LogP contribution in [0.3, 0.4) is 0 Å². The number of unbranched alkanes of at least 4 members (excludes halogenated alkanes) is 1. The second-order valence-electron chi connectivity index (χ2n) is 6.00. The zero-order valence-electron chi connectivity index (χ0n) is 14.2. The number of aromatic nitrogens is 2. The lowest BCUT2D eigenvalue weighted by molar-refractivity contribution is 0.155. The maximum atomic E-state index is 10.6. The SMILES string of the molecule is CCCCn1c(=N)n(CC(O)c2ccc(Br)cc2)c2ccccc21.Cl. The normalized spacial score (nSPS) is 12.1. The maximum Gasteiger partial charge on any atom is 0.203 e. The number of aliphatic hydroxyl groups excluding tert-OH is 1. The van der Waals surface area contributed by atoms with E-state index in [9.17, 15) is 5.11 Å². The molecule has 1 aromatic heterocycles. The molecular formula is C19H23BrClN3O. The average Bonchev–Trinajstić information content (AvgIpc) is 2.85. The Morgan fingerprint density at radius 1 is 1.04 bits per heavy atom. The first-order chi connectivity index (χ1) is 11.6. The number of aliphatic hydroxyl groups is 1. The monoisotopic (exact) mass is 423 g/mol. The predicted molar refractivity (Wildman–Crippen MR) is 107 cm³/mol. The van der Waals surface area contributed by atoms with Gasteiger partial charge in [0.05, 0.1) is 23.7 Å². The third-order valence-electron chi connectivity index (χ3n) is 4.32. The highest BCUT2D eigenvalue weighted by atomic mass is 79.9. The predicted octanol–water partition coefficient (Wildman–Crippen LogP) is 4.64. The molecule has 1 atom stereocenters. The van der Waals surface area contributed by atoms with Gasteiger partial charge in [0.25, 0.3) is 0 Å². The third-order valence-corrected chi connectivity index (χ3v) is 4.85. The van der Waals surface area contributed by atoms with E-state index < -0.39 is 6.10 Å². The molecule has 0 saturated heterocycles. The molecule has 0 bridgehead atoms. The number of imidazole rings is 1. The van der Waals surface area contributed by atoms with E-state index in [1.807, 2.05) is 57.7 Å². The first-order valence-corrected chi connectivity index (χ1v) is 9.07. The van der Waals surface area contributed by atoms with Crippen LogP contribution in [0.4, 0.5) is 0 Å². The van der Waals surface area contributed by atoms with Crippen LogP contribution < -0.4 is 5.62 Å². The summed E-state index contributed by atoms with van der Waals surface area (Å²) in [5, 5.41) is 19.2. The van der Waals surface area contributed by atoms with Gasteiger partial charge in [0.1, 0.15) is 0 Å². The fraction of sp³-hybridized carbons (Fsp3) is 0.316. The van der Waals surface area contributed by atoms with Gasteiger partial charge in [-0.3, -0.25) is 5.41 Å². The van der Waals surface area contributed by atoms with Crippen LogP contribution in [-0.2, 0) is 13.1 Å². The quantitative estimate of drug-likeness (QED) is 0.595. The molecule has 134 valence electrons. The fourth-order valence-corrected chi connectivity index (χ4v) is 3.25. The Hall–Kier alpha value is -1.56. The van der Waals surface area contributed by atoms with Gasteiger partial charge >= 0.3 is 0 Å². The van der Waals surface area contributed by atoms with Crippen molar-refractivity contribution in [1.29, 1.82) is 5.41 Å². The third kappa shape index (κ3) is 4.17. The van der Waals surface area contributed by atoms with E-state index in [2.05, 4.69) is 22.9 Å². The van der Waals surface area contributed by atoms with Crippen molar-refractivity contribution >= 4 is 39.4 Å². The second kappa shape index (κ2) is 8.70. The number of aryl methyl sites for hydroxylation is 1. The summed E-state index contributed by atoms with van der Waals surface area (Å²) in [4.78, 5) is 0. The van der Waals surface area contributed by atoms with E-state index in [0.29, 0.717) is 12.2 Å². The minimum atomic E-state index is -0.641. The topological polar surface area (TPSA) is 53.9 Å². The molecule has 4 nitrogen and oxygen atoms in total. The highest BCUT2D eigenvalue weighted by molar-refractivity contribution is 9.10. The van der Waals surface area contributed by atoms with Crippen molar-refractivity contribution in [3.8, 4) is 0 Å². The molecule has 6 heteroatoms. The number of nitrogens with one attached hydrogen (secondary N) is 1. The van der Waals surface area contributed by atoms with Gasteiger partial charge in [0.2, 0.25) is 5.62 Å². The summed E-state index contributed by atoms with van der Waals surface area (Å²) in [6, 6.07) is 15.7. The van der Waals surface area contributed by atoms with Crippen LogP contribution in [0.5, 0.6) is 0 Å². The minimum Gasteiger partial charge on any atom is -0.387 e. The summed E-state index contributed by atoms with van der Waals surface area (Å²) in [6.07, 6.45) is 1.49. The van der Waals surface area contributed by atoms with Crippen LogP contribution in [0.2, 0.25) is 0 Å². The van der Waals surface area contributed by atoms with Crippen molar-refractivity contribution in [1.82, 2.24) is 9.13 Å². The van der Waals surface area contributed by atoms with Crippen molar-refractivity contribution in [3.05, 3.63) is 64.2 Å². The second-order valence-corrected chi connectivity index (χ2v) is 6.91. The van der Waals surface area contributed by atoms with Crippen molar-refractivity contribution < 1.29 is 5.11 Å². The van der Waals surface area contributed by atoms with Gasteiger partial charge in [-0.2, -0.15) is 0 Å². The molecule has 3 rings (SSSR count). The summed E-state index contributed by atoms with van der Waals surface area (Å²) in [5.74, 6) is 0. The standard InChI is InChI=1S/C19H22BrN3O.ClH/c1-2-3-12-22-16-6-4-5-7-17(16)23(19(22)21)13-18(24)14-8-10-15(20)11-9-14;/h4-11,18,21,24H,2-3,12-13H2,1H3;1H. The number of halogens is 2. The summed E-state index contributed by atoms with van der Waals surface area (Å²) in [6.45, 7) is 3.36. The van der Waals surface area contributed by atoms with Crippen LogP contribution in [0.1, 0.15) is 31.4 Å². The molecule has 0 aliphatic carbocycles. The van der Waals surface area contributed by atoms with Crippen molar-refractivity contribution in [3.63, 3.8) is 0 Å². The molecule has 0 fully saturated rings. The van der Waals surface area contributed by atoms with Crippen LogP contribution in [0.25, 0.3) is 11.0 Å². The highest BCUT2D eigenvalue weighted by Gasteiger charge is 2.14. The molecule has 2 aromatic carbocycles. The van der Waals surface area contributed by atoms with E-state index in [-0.39, 0.29) is 12.4 Å². The van der Waals surface area contributed by atoms with Crippen LogP contribution in [-0.4, -0.2) is 14.2 Å². The van der Waals surface area contributed by atoms with Gasteiger partial charge in [-0.1, -0.05) is 53.5 Å². The maximum absolute atomic E-state index is 10.6. The van der Waals surface area contributed by atoms with E-state index in [0.717, 1.165) is 40.5 Å².